The van der Waals surface area contributed by atoms with E-state index >= 15 is 0 Å². The van der Waals surface area contributed by atoms with E-state index in [-0.39, 0.29) is 5.75 Å². The van der Waals surface area contributed by atoms with Crippen molar-refractivity contribution in [3.63, 3.8) is 0 Å². The number of nitrogens with zero attached hydrogens (tertiary/aromatic N) is 1. The van der Waals surface area contributed by atoms with Gasteiger partial charge in [-0.3, -0.25) is 5.10 Å². The Morgan fingerprint density at radius 1 is 1.40 bits per heavy atom. The summed E-state index contributed by atoms with van der Waals surface area (Å²) in [7, 11) is 0. The first-order valence-corrected chi connectivity index (χ1v) is 5.26. The van der Waals surface area contributed by atoms with Gasteiger partial charge in [-0.25, -0.2) is 0 Å². The molecule has 80 valence electrons. The molecule has 4 nitrogen and oxygen atoms in total. The van der Waals surface area contributed by atoms with E-state index in [1.807, 2.05) is 12.1 Å². The number of para-hydroxylation sites is 1. The lowest BCUT2D eigenvalue weighted by molar-refractivity contribution is 0.0346. The van der Waals surface area contributed by atoms with E-state index in [0.29, 0.717) is 5.56 Å². The van der Waals surface area contributed by atoms with Crippen LogP contribution >= 0.6 is 12.6 Å². The molecule has 15 heavy (non-hydrogen) atoms. The maximum Gasteiger partial charge on any atom is 0.108 e. The van der Waals surface area contributed by atoms with Gasteiger partial charge >= 0.3 is 0 Å². The molecule has 5 heteroatoms. The Hall–Kier alpha value is -1.04. The van der Waals surface area contributed by atoms with Crippen molar-refractivity contribution in [1.29, 1.82) is 0 Å². The zero-order chi connectivity index (χ0) is 10.8. The molecular weight excluding hydrogens is 212 g/mol. The molecule has 0 saturated heterocycles. The van der Waals surface area contributed by atoms with Crippen molar-refractivity contribution in [2.24, 2.45) is 0 Å². The van der Waals surface area contributed by atoms with Crippen LogP contribution in [0.25, 0.3) is 10.9 Å². The van der Waals surface area contributed by atoms with E-state index in [1.165, 1.54) is 0 Å². The standard InChI is InChI=1S/C10H12N2O2S/c13-8(5-15)10(14)7-3-1-2-6-4-11-12-9(6)7/h1-4,8,10,13-15H,5H2,(H,11,12). The Morgan fingerprint density at radius 2 is 2.20 bits per heavy atom. The van der Waals surface area contributed by atoms with E-state index in [9.17, 15) is 10.2 Å². The third kappa shape index (κ3) is 1.86. The van der Waals surface area contributed by atoms with Crippen LogP contribution in [0.2, 0.25) is 0 Å². The van der Waals surface area contributed by atoms with Gasteiger partial charge in [0, 0.05) is 16.7 Å². The third-order valence-electron chi connectivity index (χ3n) is 2.38. The summed E-state index contributed by atoms with van der Waals surface area (Å²) in [5.74, 6) is 0.214. The number of aliphatic hydroxyl groups excluding tert-OH is 2. The maximum absolute atomic E-state index is 9.86. The molecule has 0 radical (unpaired) electrons. The number of nitrogens with one attached hydrogen (secondary N) is 1. The topological polar surface area (TPSA) is 69.1 Å². The molecule has 0 saturated carbocycles. The minimum atomic E-state index is -0.938. The van der Waals surface area contributed by atoms with Crippen molar-refractivity contribution < 1.29 is 10.2 Å². The molecule has 0 bridgehead atoms. The molecule has 3 N–H and O–H groups in total. The van der Waals surface area contributed by atoms with Crippen LogP contribution in [-0.4, -0.2) is 32.3 Å². The first kappa shape index (κ1) is 10.5. The number of fused-ring (bicyclic) bond motifs is 1. The van der Waals surface area contributed by atoms with E-state index in [1.54, 1.807) is 12.3 Å². The highest BCUT2D eigenvalue weighted by Crippen LogP contribution is 2.24. The highest BCUT2D eigenvalue weighted by Gasteiger charge is 2.19. The average molecular weight is 224 g/mol. The molecule has 0 aliphatic rings. The van der Waals surface area contributed by atoms with Gasteiger partial charge in [0.15, 0.2) is 0 Å². The number of rotatable bonds is 3. The molecule has 0 amide bonds. The normalized spacial score (nSPS) is 15.4. The van der Waals surface area contributed by atoms with Crippen molar-refractivity contribution in [2.75, 3.05) is 5.75 Å². The van der Waals surface area contributed by atoms with Gasteiger partial charge in [0.25, 0.3) is 0 Å². The third-order valence-corrected chi connectivity index (χ3v) is 2.75. The fourth-order valence-corrected chi connectivity index (χ4v) is 1.75. The van der Waals surface area contributed by atoms with E-state index in [0.717, 1.165) is 10.9 Å². The molecule has 1 aromatic heterocycles. The summed E-state index contributed by atoms with van der Waals surface area (Å²) in [6.07, 6.45) is -0.132. The van der Waals surface area contributed by atoms with Gasteiger partial charge in [-0.15, -0.1) is 0 Å². The fourth-order valence-electron chi connectivity index (χ4n) is 1.55. The lowest BCUT2D eigenvalue weighted by Crippen LogP contribution is -2.19. The first-order valence-electron chi connectivity index (χ1n) is 4.63. The number of aromatic nitrogens is 2. The van der Waals surface area contributed by atoms with Crippen molar-refractivity contribution >= 4 is 23.5 Å². The van der Waals surface area contributed by atoms with Crippen LogP contribution in [-0.2, 0) is 0 Å². The van der Waals surface area contributed by atoms with E-state index < -0.39 is 12.2 Å². The summed E-state index contributed by atoms with van der Waals surface area (Å²) >= 11 is 3.95. The number of aromatic amines is 1. The van der Waals surface area contributed by atoms with Crippen LogP contribution in [0.1, 0.15) is 11.7 Å². The van der Waals surface area contributed by atoms with E-state index in [4.69, 9.17) is 0 Å². The van der Waals surface area contributed by atoms with Gasteiger partial charge in [0.2, 0.25) is 0 Å². The largest absolute Gasteiger partial charge is 0.389 e. The molecule has 1 heterocycles. The fraction of sp³-hybridized carbons (Fsp3) is 0.300. The number of hydrogen-bond acceptors (Lipinski definition) is 4. The van der Waals surface area contributed by atoms with Crippen LogP contribution in [0.5, 0.6) is 0 Å². The number of benzene rings is 1. The highest BCUT2D eigenvalue weighted by atomic mass is 32.1. The second kappa shape index (κ2) is 4.22. The molecule has 0 aliphatic carbocycles. The van der Waals surface area contributed by atoms with E-state index in [2.05, 4.69) is 22.8 Å². The summed E-state index contributed by atoms with van der Waals surface area (Å²) in [5.41, 5.74) is 1.40. The maximum atomic E-state index is 9.86. The number of hydrogen-bond donors (Lipinski definition) is 4. The number of H-pyrrole nitrogens is 1. The van der Waals surface area contributed by atoms with Gasteiger partial charge < -0.3 is 10.2 Å². The van der Waals surface area contributed by atoms with Crippen LogP contribution in [0.3, 0.4) is 0 Å². The Kier molecular flexibility index (Phi) is 2.95. The van der Waals surface area contributed by atoms with Gasteiger partial charge in [0.05, 0.1) is 17.8 Å². The van der Waals surface area contributed by atoms with Gasteiger partial charge in [-0.2, -0.15) is 17.7 Å². The number of thiol groups is 1. The van der Waals surface area contributed by atoms with Crippen molar-refractivity contribution in [1.82, 2.24) is 10.2 Å². The zero-order valence-corrected chi connectivity index (χ0v) is 8.85. The molecule has 2 rings (SSSR count). The summed E-state index contributed by atoms with van der Waals surface area (Å²) in [5, 5.41) is 27.0. The monoisotopic (exact) mass is 224 g/mol. The zero-order valence-electron chi connectivity index (χ0n) is 7.96. The van der Waals surface area contributed by atoms with Crippen LogP contribution in [0.15, 0.2) is 24.4 Å². The van der Waals surface area contributed by atoms with Crippen LogP contribution in [0.4, 0.5) is 0 Å². The van der Waals surface area contributed by atoms with Gasteiger partial charge in [-0.05, 0) is 0 Å². The quantitative estimate of drug-likeness (QED) is 0.585. The second-order valence-electron chi connectivity index (χ2n) is 3.38. The summed E-state index contributed by atoms with van der Waals surface area (Å²) in [6.45, 7) is 0. The van der Waals surface area contributed by atoms with Crippen molar-refractivity contribution in [2.45, 2.75) is 12.2 Å². The van der Waals surface area contributed by atoms with Crippen molar-refractivity contribution in [3.05, 3.63) is 30.0 Å². The predicted molar refractivity (Wildman–Crippen MR) is 60.9 cm³/mol. The van der Waals surface area contributed by atoms with Gasteiger partial charge in [0.1, 0.15) is 6.10 Å². The molecular formula is C10H12N2O2S. The lowest BCUT2D eigenvalue weighted by atomic mass is 10.0. The molecule has 2 atom stereocenters. The summed E-state index contributed by atoms with van der Waals surface area (Å²) in [6, 6.07) is 5.47. The number of aliphatic hydroxyl groups is 2. The molecule has 0 aliphatic heterocycles. The second-order valence-corrected chi connectivity index (χ2v) is 3.74. The van der Waals surface area contributed by atoms with Crippen LogP contribution < -0.4 is 0 Å². The Labute approximate surface area is 92.3 Å². The minimum Gasteiger partial charge on any atom is -0.389 e. The van der Waals surface area contributed by atoms with Gasteiger partial charge in [-0.1, -0.05) is 18.2 Å². The Bertz CT molecular complexity index is 457. The lowest BCUT2D eigenvalue weighted by Gasteiger charge is -2.16. The Morgan fingerprint density at radius 3 is 2.93 bits per heavy atom. The molecule has 2 aromatic rings. The average Bonchev–Trinajstić information content (AvgIpc) is 2.74. The molecule has 1 aromatic carbocycles. The highest BCUT2D eigenvalue weighted by molar-refractivity contribution is 7.80. The Balaban J connectivity index is 2.46. The smallest absolute Gasteiger partial charge is 0.108 e. The summed E-state index contributed by atoms with van der Waals surface area (Å²) in [4.78, 5) is 0. The minimum absolute atomic E-state index is 0.214. The molecule has 2 unspecified atom stereocenters. The SMILES string of the molecule is OC(CS)C(O)c1cccc2cn[nH]c12. The van der Waals surface area contributed by atoms with Crippen molar-refractivity contribution in [3.8, 4) is 0 Å². The molecule has 0 fully saturated rings. The predicted octanol–water partition coefficient (Wildman–Crippen LogP) is 0.887. The first-order chi connectivity index (χ1) is 7.24. The summed E-state index contributed by atoms with van der Waals surface area (Å²) < 4.78 is 0. The van der Waals surface area contributed by atoms with Crippen LogP contribution in [0, 0.1) is 0 Å². The molecule has 0 spiro atoms.